The third-order valence-electron chi connectivity index (χ3n) is 1.85. The summed E-state index contributed by atoms with van der Waals surface area (Å²) >= 11 is 1.72. The first kappa shape index (κ1) is 13.7. The van der Waals surface area contributed by atoms with Gasteiger partial charge in [-0.25, -0.2) is 0 Å². The average Bonchev–Trinajstić information content (AvgIpc) is 2.16. The van der Waals surface area contributed by atoms with Crippen LogP contribution in [-0.4, -0.2) is 48.8 Å². The van der Waals surface area contributed by atoms with Crippen molar-refractivity contribution in [3.05, 3.63) is 0 Å². The number of aliphatic hydroxyl groups excluding tert-OH is 1. The van der Waals surface area contributed by atoms with E-state index >= 15 is 0 Å². The highest BCUT2D eigenvalue weighted by molar-refractivity contribution is 7.98. The maximum atomic E-state index is 11.5. The molecule has 14 heavy (non-hydrogen) atoms. The largest absolute Gasteiger partial charge is 0.392 e. The molecule has 0 fully saturated rings. The Morgan fingerprint density at radius 3 is 2.64 bits per heavy atom. The summed E-state index contributed by atoms with van der Waals surface area (Å²) in [5.74, 6) is 0.913. The van der Waals surface area contributed by atoms with E-state index in [1.54, 1.807) is 25.7 Å². The highest BCUT2D eigenvalue weighted by Gasteiger charge is 2.15. The number of hydrogen-bond donors (Lipinski definition) is 3. The average molecular weight is 220 g/mol. The van der Waals surface area contributed by atoms with Crippen molar-refractivity contribution < 1.29 is 9.90 Å². The topological polar surface area (TPSA) is 61.4 Å². The van der Waals surface area contributed by atoms with Crippen molar-refractivity contribution in [3.63, 3.8) is 0 Å². The second-order valence-corrected chi connectivity index (χ2v) is 4.20. The maximum absolute atomic E-state index is 11.5. The molecule has 0 saturated heterocycles. The van der Waals surface area contributed by atoms with Crippen LogP contribution >= 0.6 is 11.8 Å². The molecule has 0 radical (unpaired) electrons. The number of thioether (sulfide) groups is 1. The van der Waals surface area contributed by atoms with Crippen molar-refractivity contribution in [2.45, 2.75) is 25.5 Å². The molecule has 0 unspecified atom stereocenters. The summed E-state index contributed by atoms with van der Waals surface area (Å²) in [4.78, 5) is 11.5. The number of rotatable bonds is 7. The Bertz CT molecular complexity index is 165. The Morgan fingerprint density at radius 1 is 1.57 bits per heavy atom. The lowest BCUT2D eigenvalue weighted by Gasteiger charge is -2.16. The van der Waals surface area contributed by atoms with Crippen LogP contribution in [0.4, 0.5) is 0 Å². The Labute approximate surface area is 89.8 Å². The number of carbonyl (C=O) groups excluding carboxylic acids is 1. The van der Waals surface area contributed by atoms with Gasteiger partial charge in [-0.2, -0.15) is 11.8 Å². The van der Waals surface area contributed by atoms with Crippen LogP contribution in [0.2, 0.25) is 0 Å². The van der Waals surface area contributed by atoms with Gasteiger partial charge in [0, 0.05) is 6.54 Å². The first-order valence-corrected chi connectivity index (χ1v) is 6.13. The van der Waals surface area contributed by atoms with Gasteiger partial charge in [0.2, 0.25) is 5.91 Å². The zero-order valence-electron chi connectivity index (χ0n) is 9.04. The van der Waals surface area contributed by atoms with Crippen molar-refractivity contribution in [2.24, 2.45) is 0 Å². The van der Waals surface area contributed by atoms with Crippen molar-refractivity contribution in [1.29, 1.82) is 0 Å². The molecule has 0 aromatic rings. The van der Waals surface area contributed by atoms with E-state index in [0.717, 1.165) is 12.2 Å². The van der Waals surface area contributed by atoms with Gasteiger partial charge >= 0.3 is 0 Å². The predicted octanol–water partition coefficient (Wildman–Crippen LogP) is -0.175. The zero-order valence-corrected chi connectivity index (χ0v) is 9.86. The van der Waals surface area contributed by atoms with Crippen molar-refractivity contribution in [1.82, 2.24) is 10.6 Å². The van der Waals surface area contributed by atoms with Gasteiger partial charge in [0.25, 0.3) is 0 Å². The molecule has 4 nitrogen and oxygen atoms in total. The van der Waals surface area contributed by atoms with Crippen LogP contribution in [-0.2, 0) is 4.79 Å². The molecule has 1 amide bonds. The van der Waals surface area contributed by atoms with Gasteiger partial charge in [-0.05, 0) is 32.4 Å². The lowest BCUT2D eigenvalue weighted by molar-refractivity contribution is -0.123. The molecule has 0 spiro atoms. The first-order chi connectivity index (χ1) is 6.61. The number of aliphatic hydroxyl groups is 1. The van der Waals surface area contributed by atoms with E-state index in [2.05, 4.69) is 10.6 Å². The minimum absolute atomic E-state index is 0.0394. The van der Waals surface area contributed by atoms with Crippen molar-refractivity contribution >= 4 is 17.7 Å². The Kier molecular flexibility index (Phi) is 7.93. The quantitative estimate of drug-likeness (QED) is 0.557. The van der Waals surface area contributed by atoms with E-state index in [0.29, 0.717) is 6.54 Å². The highest BCUT2D eigenvalue weighted by Crippen LogP contribution is 2.00. The van der Waals surface area contributed by atoms with Crippen LogP contribution in [0, 0.1) is 0 Å². The number of carbonyl (C=O) groups is 1. The molecule has 2 atom stereocenters. The predicted molar refractivity (Wildman–Crippen MR) is 60.5 cm³/mol. The van der Waals surface area contributed by atoms with Crippen LogP contribution in [0.3, 0.4) is 0 Å². The summed E-state index contributed by atoms with van der Waals surface area (Å²) in [6.07, 6.45) is 2.33. The lowest BCUT2D eigenvalue weighted by atomic mass is 10.2. The van der Waals surface area contributed by atoms with Gasteiger partial charge < -0.3 is 15.7 Å². The van der Waals surface area contributed by atoms with Crippen LogP contribution in [0.5, 0.6) is 0 Å². The summed E-state index contributed by atoms with van der Waals surface area (Å²) in [6, 6.07) is -0.152. The third-order valence-corrected chi connectivity index (χ3v) is 2.49. The second kappa shape index (κ2) is 8.08. The minimum atomic E-state index is -0.489. The third kappa shape index (κ3) is 6.23. The molecular formula is C9H20N2O2S. The van der Waals surface area contributed by atoms with Crippen LogP contribution in [0.15, 0.2) is 0 Å². The van der Waals surface area contributed by atoms with Gasteiger partial charge in [0.1, 0.15) is 0 Å². The summed E-state index contributed by atoms with van der Waals surface area (Å²) in [7, 11) is 1.77. The molecule has 0 aromatic heterocycles. The fourth-order valence-electron chi connectivity index (χ4n) is 1.01. The highest BCUT2D eigenvalue weighted by atomic mass is 32.2. The molecule has 3 N–H and O–H groups in total. The molecular weight excluding hydrogens is 200 g/mol. The minimum Gasteiger partial charge on any atom is -0.392 e. The lowest BCUT2D eigenvalue weighted by Crippen LogP contribution is -2.44. The van der Waals surface area contributed by atoms with Crippen molar-refractivity contribution in [2.75, 3.05) is 25.6 Å². The fraction of sp³-hybridized carbons (Fsp3) is 0.889. The van der Waals surface area contributed by atoms with Gasteiger partial charge in [0.05, 0.1) is 12.1 Å². The maximum Gasteiger partial charge on any atom is 0.237 e. The second-order valence-electron chi connectivity index (χ2n) is 3.22. The van der Waals surface area contributed by atoms with E-state index in [-0.39, 0.29) is 11.9 Å². The van der Waals surface area contributed by atoms with Crippen molar-refractivity contribution in [3.8, 4) is 0 Å². The number of hydrogen-bond acceptors (Lipinski definition) is 4. The SMILES string of the molecule is CN[C@@H](CCSC)C(=O)NC[C@@H](C)O. The summed E-state index contributed by atoms with van der Waals surface area (Å²) in [5, 5.41) is 14.6. The molecule has 0 aliphatic heterocycles. The van der Waals surface area contributed by atoms with Gasteiger partial charge in [-0.1, -0.05) is 0 Å². The molecule has 0 bridgehead atoms. The molecule has 84 valence electrons. The van der Waals surface area contributed by atoms with Crippen LogP contribution in [0.25, 0.3) is 0 Å². The van der Waals surface area contributed by atoms with Gasteiger partial charge in [-0.3, -0.25) is 4.79 Å². The summed E-state index contributed by atoms with van der Waals surface area (Å²) in [6.45, 7) is 1.97. The molecule has 5 heteroatoms. The monoisotopic (exact) mass is 220 g/mol. The van der Waals surface area contributed by atoms with Crippen LogP contribution in [0.1, 0.15) is 13.3 Å². The van der Waals surface area contributed by atoms with E-state index in [1.807, 2.05) is 6.26 Å². The fourth-order valence-corrected chi connectivity index (χ4v) is 1.49. The van der Waals surface area contributed by atoms with Gasteiger partial charge in [0.15, 0.2) is 0 Å². The summed E-state index contributed by atoms with van der Waals surface area (Å²) in [5.41, 5.74) is 0. The van der Waals surface area contributed by atoms with E-state index < -0.39 is 6.10 Å². The molecule has 0 aromatic carbocycles. The Balaban J connectivity index is 3.79. The van der Waals surface area contributed by atoms with E-state index in [9.17, 15) is 4.79 Å². The Morgan fingerprint density at radius 2 is 2.21 bits per heavy atom. The summed E-state index contributed by atoms with van der Waals surface area (Å²) < 4.78 is 0. The zero-order chi connectivity index (χ0) is 11.0. The smallest absolute Gasteiger partial charge is 0.237 e. The number of likely N-dealkylation sites (N-methyl/N-ethyl adjacent to an activating group) is 1. The number of amides is 1. The molecule has 0 saturated carbocycles. The first-order valence-electron chi connectivity index (χ1n) is 4.73. The van der Waals surface area contributed by atoms with E-state index in [1.165, 1.54) is 0 Å². The molecule has 0 aliphatic carbocycles. The molecule has 0 rings (SSSR count). The number of nitrogens with one attached hydrogen (secondary N) is 2. The normalized spacial score (nSPS) is 14.9. The standard InChI is InChI=1S/C9H20N2O2S/c1-7(12)6-11-9(13)8(10-2)4-5-14-3/h7-8,10,12H,4-6H2,1-3H3,(H,11,13)/t7-,8+/m1/s1. The van der Waals surface area contributed by atoms with Crippen LogP contribution < -0.4 is 10.6 Å². The Hall–Kier alpha value is -0.260. The van der Waals surface area contributed by atoms with Gasteiger partial charge in [-0.15, -0.1) is 0 Å². The molecule has 0 aliphatic rings. The molecule has 0 heterocycles. The van der Waals surface area contributed by atoms with E-state index in [4.69, 9.17) is 5.11 Å².